The summed E-state index contributed by atoms with van der Waals surface area (Å²) in [6.07, 6.45) is 0. The number of fused-ring (bicyclic) bond motifs is 1. The van der Waals surface area contributed by atoms with Crippen molar-refractivity contribution in [3.05, 3.63) is 81.4 Å². The molecular formula is C24H21ClN4O4. The first-order valence-corrected chi connectivity index (χ1v) is 10.8. The molecule has 0 aliphatic heterocycles. The van der Waals surface area contributed by atoms with E-state index in [0.29, 0.717) is 22.7 Å². The van der Waals surface area contributed by atoms with E-state index in [-0.39, 0.29) is 16.3 Å². The molecule has 1 amide bonds. The van der Waals surface area contributed by atoms with Gasteiger partial charge in [0.15, 0.2) is 5.58 Å². The van der Waals surface area contributed by atoms with Crippen LogP contribution < -0.4 is 10.2 Å². The van der Waals surface area contributed by atoms with Crippen molar-refractivity contribution in [3.63, 3.8) is 0 Å². The molecule has 1 aromatic heterocycles. The Labute approximate surface area is 194 Å². The van der Waals surface area contributed by atoms with Gasteiger partial charge in [-0.1, -0.05) is 11.6 Å². The van der Waals surface area contributed by atoms with Gasteiger partial charge in [0.1, 0.15) is 5.52 Å². The molecule has 33 heavy (non-hydrogen) atoms. The minimum atomic E-state index is -0.579. The predicted molar refractivity (Wildman–Crippen MR) is 129 cm³/mol. The van der Waals surface area contributed by atoms with Crippen LogP contribution in [0.1, 0.15) is 24.2 Å². The van der Waals surface area contributed by atoms with Crippen molar-refractivity contribution in [2.45, 2.75) is 13.8 Å². The van der Waals surface area contributed by atoms with Gasteiger partial charge < -0.3 is 14.6 Å². The van der Waals surface area contributed by atoms with E-state index in [9.17, 15) is 14.9 Å². The van der Waals surface area contributed by atoms with Crippen LogP contribution in [0.15, 0.2) is 65.1 Å². The molecule has 1 heterocycles. The highest BCUT2D eigenvalue weighted by Gasteiger charge is 2.17. The number of aromatic nitrogens is 1. The number of amides is 1. The molecule has 9 heteroatoms. The average molecular weight is 465 g/mol. The monoisotopic (exact) mass is 464 g/mol. The topological polar surface area (TPSA) is 102 Å². The van der Waals surface area contributed by atoms with Crippen LogP contribution in [0, 0.1) is 10.1 Å². The van der Waals surface area contributed by atoms with E-state index in [4.69, 9.17) is 16.0 Å². The molecule has 4 aromatic rings. The van der Waals surface area contributed by atoms with E-state index in [0.717, 1.165) is 30.4 Å². The quantitative estimate of drug-likeness (QED) is 0.260. The highest BCUT2D eigenvalue weighted by atomic mass is 35.5. The molecule has 0 aliphatic carbocycles. The Morgan fingerprint density at radius 2 is 1.82 bits per heavy atom. The Balaban J connectivity index is 1.57. The Hall–Kier alpha value is -3.91. The van der Waals surface area contributed by atoms with Crippen LogP contribution in [0.5, 0.6) is 0 Å². The van der Waals surface area contributed by atoms with E-state index in [1.165, 1.54) is 12.1 Å². The van der Waals surface area contributed by atoms with Crippen LogP contribution in [0.25, 0.3) is 22.6 Å². The molecule has 3 aromatic carbocycles. The molecule has 0 spiro atoms. The maximum atomic E-state index is 12.6. The number of carbonyl (C=O) groups excluding carboxylic acids is 1. The fourth-order valence-corrected chi connectivity index (χ4v) is 3.73. The van der Waals surface area contributed by atoms with Crippen LogP contribution in [-0.2, 0) is 0 Å². The Bertz CT molecular complexity index is 1330. The first kappa shape index (κ1) is 22.3. The number of hydrogen-bond acceptors (Lipinski definition) is 6. The number of nitro groups is 1. The minimum Gasteiger partial charge on any atom is -0.436 e. The van der Waals surface area contributed by atoms with Gasteiger partial charge in [-0.25, -0.2) is 4.98 Å². The van der Waals surface area contributed by atoms with Gasteiger partial charge in [0.05, 0.1) is 15.5 Å². The Morgan fingerprint density at radius 3 is 2.48 bits per heavy atom. The smallest absolute Gasteiger partial charge is 0.270 e. The van der Waals surface area contributed by atoms with Crippen molar-refractivity contribution >= 4 is 45.7 Å². The zero-order valence-electron chi connectivity index (χ0n) is 18.0. The molecule has 0 saturated heterocycles. The van der Waals surface area contributed by atoms with Gasteiger partial charge >= 0.3 is 0 Å². The number of nitrogens with one attached hydrogen (secondary N) is 1. The first-order valence-electron chi connectivity index (χ1n) is 10.4. The zero-order valence-corrected chi connectivity index (χ0v) is 18.8. The molecule has 1 N–H and O–H groups in total. The van der Waals surface area contributed by atoms with E-state index >= 15 is 0 Å². The van der Waals surface area contributed by atoms with Gasteiger partial charge in [0, 0.05) is 42.2 Å². The summed E-state index contributed by atoms with van der Waals surface area (Å²) in [7, 11) is 0. The summed E-state index contributed by atoms with van der Waals surface area (Å²) in [6, 6.07) is 16.8. The minimum absolute atomic E-state index is 0.0140. The number of non-ortho nitro benzene ring substituents is 1. The first-order chi connectivity index (χ1) is 15.9. The summed E-state index contributed by atoms with van der Waals surface area (Å²) in [4.78, 5) is 29.9. The van der Waals surface area contributed by atoms with Crippen molar-refractivity contribution in [2.75, 3.05) is 23.3 Å². The summed E-state index contributed by atoms with van der Waals surface area (Å²) >= 11 is 6.06. The molecule has 0 saturated carbocycles. The molecule has 0 fully saturated rings. The van der Waals surface area contributed by atoms with Gasteiger partial charge in [0.25, 0.3) is 11.6 Å². The normalized spacial score (nSPS) is 10.9. The van der Waals surface area contributed by atoms with Gasteiger partial charge in [-0.05, 0) is 62.4 Å². The summed E-state index contributed by atoms with van der Waals surface area (Å²) in [6.45, 7) is 6.08. The van der Waals surface area contributed by atoms with Crippen LogP contribution >= 0.6 is 11.6 Å². The summed E-state index contributed by atoms with van der Waals surface area (Å²) in [5, 5.41) is 13.8. The third-order valence-electron chi connectivity index (χ3n) is 5.29. The number of nitro benzene ring substituents is 1. The maximum absolute atomic E-state index is 12.6. The zero-order chi connectivity index (χ0) is 23.5. The molecule has 0 bridgehead atoms. The molecule has 0 unspecified atom stereocenters. The van der Waals surface area contributed by atoms with Gasteiger partial charge in [-0.15, -0.1) is 0 Å². The Morgan fingerprint density at radius 1 is 1.09 bits per heavy atom. The van der Waals surface area contributed by atoms with Crippen molar-refractivity contribution in [1.82, 2.24) is 4.98 Å². The summed E-state index contributed by atoms with van der Waals surface area (Å²) < 4.78 is 5.88. The fraction of sp³-hybridized carbons (Fsp3) is 0.167. The van der Waals surface area contributed by atoms with Crippen molar-refractivity contribution < 1.29 is 14.1 Å². The number of halogens is 1. The highest BCUT2D eigenvalue weighted by molar-refractivity contribution is 6.34. The van der Waals surface area contributed by atoms with E-state index in [2.05, 4.69) is 29.0 Å². The van der Waals surface area contributed by atoms with Gasteiger partial charge in [0.2, 0.25) is 5.89 Å². The van der Waals surface area contributed by atoms with Crippen molar-refractivity contribution in [3.8, 4) is 11.5 Å². The van der Waals surface area contributed by atoms with E-state index in [1.807, 2.05) is 24.3 Å². The Kier molecular flexibility index (Phi) is 6.28. The average Bonchev–Trinajstić information content (AvgIpc) is 3.24. The number of hydrogen-bond donors (Lipinski definition) is 1. The molecule has 0 aliphatic rings. The molecular weight excluding hydrogens is 444 g/mol. The third-order valence-corrected chi connectivity index (χ3v) is 5.62. The second kappa shape index (κ2) is 9.30. The van der Waals surface area contributed by atoms with Crippen molar-refractivity contribution in [1.29, 1.82) is 0 Å². The largest absolute Gasteiger partial charge is 0.436 e. The second-order valence-electron chi connectivity index (χ2n) is 7.30. The summed E-state index contributed by atoms with van der Waals surface area (Å²) in [5.41, 5.74) is 3.38. The number of anilines is 2. The van der Waals surface area contributed by atoms with Crippen LogP contribution in [-0.4, -0.2) is 28.9 Å². The second-order valence-corrected chi connectivity index (χ2v) is 7.70. The fourth-order valence-electron chi connectivity index (χ4n) is 3.53. The molecule has 168 valence electrons. The van der Waals surface area contributed by atoms with Crippen LogP contribution in [0.2, 0.25) is 5.02 Å². The summed E-state index contributed by atoms with van der Waals surface area (Å²) in [5.74, 6) is -0.0833. The lowest BCUT2D eigenvalue weighted by atomic mass is 10.1. The predicted octanol–water partition coefficient (Wildman–Crippen LogP) is 6.15. The number of nitrogens with zero attached hydrogens (tertiary/aromatic N) is 3. The van der Waals surface area contributed by atoms with Crippen LogP contribution in [0.4, 0.5) is 17.1 Å². The standard InChI is InChI=1S/C24H21ClN4O4/c1-3-28(4-2)17-8-5-15(6-9-17)24-27-21-13-16(7-12-22(21)33-24)26-23(30)19-14-18(29(31)32)10-11-20(19)25/h5-14H,3-4H2,1-2H3,(H,26,30). The molecule has 0 radical (unpaired) electrons. The van der Waals surface area contributed by atoms with E-state index in [1.54, 1.807) is 18.2 Å². The molecule has 8 nitrogen and oxygen atoms in total. The number of benzene rings is 3. The maximum Gasteiger partial charge on any atom is 0.270 e. The number of oxazole rings is 1. The lowest BCUT2D eigenvalue weighted by Crippen LogP contribution is -2.21. The third kappa shape index (κ3) is 4.65. The molecule has 0 atom stereocenters. The van der Waals surface area contributed by atoms with E-state index < -0.39 is 10.8 Å². The lowest BCUT2D eigenvalue weighted by Gasteiger charge is -2.20. The number of rotatable bonds is 7. The SMILES string of the molecule is CCN(CC)c1ccc(-c2nc3cc(NC(=O)c4cc([N+](=O)[O-])ccc4Cl)ccc3o2)cc1. The lowest BCUT2D eigenvalue weighted by molar-refractivity contribution is -0.384. The molecule has 4 rings (SSSR count). The van der Waals surface area contributed by atoms with Gasteiger partial charge in [-0.2, -0.15) is 0 Å². The van der Waals surface area contributed by atoms with Crippen molar-refractivity contribution in [2.24, 2.45) is 0 Å². The highest BCUT2D eigenvalue weighted by Crippen LogP contribution is 2.29. The van der Waals surface area contributed by atoms with Crippen LogP contribution in [0.3, 0.4) is 0 Å². The number of carbonyl (C=O) groups is 1. The van der Waals surface area contributed by atoms with Gasteiger partial charge in [-0.3, -0.25) is 14.9 Å².